The van der Waals surface area contributed by atoms with Gasteiger partial charge in [0.25, 0.3) is 0 Å². The molecule has 2 atom stereocenters. The van der Waals surface area contributed by atoms with Gasteiger partial charge in [0.15, 0.2) is 0 Å². The number of hydrogen-bond donors (Lipinski definition) is 0. The predicted octanol–water partition coefficient (Wildman–Crippen LogP) is 2.57. The van der Waals surface area contributed by atoms with E-state index in [9.17, 15) is 4.79 Å². The van der Waals surface area contributed by atoms with Gasteiger partial charge in [0.2, 0.25) is 0 Å². The van der Waals surface area contributed by atoms with Gasteiger partial charge in [0.05, 0.1) is 6.42 Å². The summed E-state index contributed by atoms with van der Waals surface area (Å²) in [7, 11) is 0. The lowest BCUT2D eigenvalue weighted by atomic mass is 9.98. The number of benzene rings is 1. The van der Waals surface area contributed by atoms with Crippen LogP contribution in [0, 0.1) is 5.92 Å². The Morgan fingerprint density at radius 3 is 2.67 bits per heavy atom. The zero-order valence-electron chi connectivity index (χ0n) is 8.98. The molecule has 0 radical (unpaired) electrons. The Labute approximate surface area is 90.3 Å². The quantitative estimate of drug-likeness (QED) is 0.707. The molecule has 0 unspecified atom stereocenters. The number of cyclic esters (lactones) is 1. The van der Waals surface area contributed by atoms with Crippen LogP contribution in [0.25, 0.3) is 0 Å². The third kappa shape index (κ3) is 2.58. The molecular formula is C13H16O2. The average molecular weight is 204 g/mol. The van der Waals surface area contributed by atoms with Crippen LogP contribution in [-0.2, 0) is 16.0 Å². The van der Waals surface area contributed by atoms with Crippen LogP contribution >= 0.6 is 0 Å². The number of aryl methyl sites for hydroxylation is 1. The predicted molar refractivity (Wildman–Crippen MR) is 58.4 cm³/mol. The zero-order chi connectivity index (χ0) is 10.7. The smallest absolute Gasteiger partial charge is 0.306 e. The second kappa shape index (κ2) is 4.47. The fourth-order valence-corrected chi connectivity index (χ4v) is 2.02. The Morgan fingerprint density at radius 2 is 2.07 bits per heavy atom. The maximum Gasteiger partial charge on any atom is 0.306 e. The maximum atomic E-state index is 11.1. The summed E-state index contributed by atoms with van der Waals surface area (Å²) in [5, 5.41) is 0. The first kappa shape index (κ1) is 10.2. The summed E-state index contributed by atoms with van der Waals surface area (Å²) >= 11 is 0. The lowest BCUT2D eigenvalue weighted by molar-refractivity contribution is -0.141. The van der Waals surface area contributed by atoms with Crippen LogP contribution in [0.4, 0.5) is 0 Å². The first-order valence-corrected chi connectivity index (χ1v) is 5.49. The van der Waals surface area contributed by atoms with E-state index < -0.39 is 0 Å². The van der Waals surface area contributed by atoms with Gasteiger partial charge < -0.3 is 4.74 Å². The van der Waals surface area contributed by atoms with Crippen molar-refractivity contribution >= 4 is 5.97 Å². The minimum Gasteiger partial charge on any atom is -0.462 e. The van der Waals surface area contributed by atoms with E-state index in [0.717, 1.165) is 12.8 Å². The van der Waals surface area contributed by atoms with Crippen molar-refractivity contribution in [3.8, 4) is 0 Å². The number of esters is 1. The van der Waals surface area contributed by atoms with Gasteiger partial charge in [0.1, 0.15) is 6.10 Å². The minimum atomic E-state index is -0.0411. The molecule has 1 saturated heterocycles. The Kier molecular flexibility index (Phi) is 3.05. The fraction of sp³-hybridized carbons (Fsp3) is 0.462. The van der Waals surface area contributed by atoms with Crippen LogP contribution in [0.5, 0.6) is 0 Å². The molecule has 15 heavy (non-hydrogen) atoms. The first-order chi connectivity index (χ1) is 7.25. The van der Waals surface area contributed by atoms with E-state index in [1.54, 1.807) is 0 Å². The van der Waals surface area contributed by atoms with E-state index in [4.69, 9.17) is 4.74 Å². The van der Waals surface area contributed by atoms with Crippen molar-refractivity contribution in [1.82, 2.24) is 0 Å². The van der Waals surface area contributed by atoms with Crippen LogP contribution in [0.2, 0.25) is 0 Å². The Morgan fingerprint density at radius 1 is 1.33 bits per heavy atom. The van der Waals surface area contributed by atoms with Crippen LogP contribution < -0.4 is 0 Å². The van der Waals surface area contributed by atoms with E-state index in [0.29, 0.717) is 12.3 Å². The molecule has 0 saturated carbocycles. The lowest BCUT2D eigenvalue weighted by Crippen LogP contribution is -2.14. The lowest BCUT2D eigenvalue weighted by Gasteiger charge is -2.13. The van der Waals surface area contributed by atoms with Gasteiger partial charge in [-0.05, 0) is 18.4 Å². The molecule has 1 aromatic carbocycles. The summed E-state index contributed by atoms with van der Waals surface area (Å²) in [5.41, 5.74) is 1.31. The Bertz CT molecular complexity index is 332. The summed E-state index contributed by atoms with van der Waals surface area (Å²) in [6.45, 7) is 2.08. The number of carbonyl (C=O) groups excluding carboxylic acids is 1. The van der Waals surface area contributed by atoms with Gasteiger partial charge in [-0.2, -0.15) is 0 Å². The van der Waals surface area contributed by atoms with Crippen molar-refractivity contribution in [2.24, 2.45) is 5.92 Å². The molecule has 0 bridgehead atoms. The molecule has 80 valence electrons. The normalized spacial score (nSPS) is 25.3. The topological polar surface area (TPSA) is 26.3 Å². The molecule has 0 amide bonds. The molecule has 1 aromatic rings. The van der Waals surface area contributed by atoms with Gasteiger partial charge in [-0.3, -0.25) is 4.79 Å². The highest BCUT2D eigenvalue weighted by Crippen LogP contribution is 2.25. The molecular weight excluding hydrogens is 188 g/mol. The van der Waals surface area contributed by atoms with Crippen molar-refractivity contribution in [1.29, 1.82) is 0 Å². The van der Waals surface area contributed by atoms with Gasteiger partial charge in [-0.1, -0.05) is 37.3 Å². The molecule has 0 aliphatic carbocycles. The van der Waals surface area contributed by atoms with Gasteiger partial charge in [-0.25, -0.2) is 0 Å². The molecule has 2 nitrogen and oxygen atoms in total. The van der Waals surface area contributed by atoms with E-state index in [-0.39, 0.29) is 12.1 Å². The highest BCUT2D eigenvalue weighted by atomic mass is 16.5. The number of rotatable bonds is 3. The fourth-order valence-electron chi connectivity index (χ4n) is 2.02. The van der Waals surface area contributed by atoms with E-state index in [1.807, 2.05) is 18.2 Å². The molecule has 1 heterocycles. The van der Waals surface area contributed by atoms with Crippen LogP contribution in [-0.4, -0.2) is 12.1 Å². The number of hydrogen-bond acceptors (Lipinski definition) is 2. The van der Waals surface area contributed by atoms with Crippen LogP contribution in [0.1, 0.15) is 25.3 Å². The molecule has 1 aliphatic rings. The standard InChI is InChI=1S/C13H16O2/c1-10-9-13(14)15-12(10)8-7-11-5-3-2-4-6-11/h2-6,10,12H,7-9H2,1H3/t10-,12+/m0/s1. The van der Waals surface area contributed by atoms with Crippen molar-refractivity contribution < 1.29 is 9.53 Å². The third-order valence-electron chi connectivity index (χ3n) is 2.97. The van der Waals surface area contributed by atoms with Gasteiger partial charge >= 0.3 is 5.97 Å². The van der Waals surface area contributed by atoms with E-state index in [2.05, 4.69) is 19.1 Å². The monoisotopic (exact) mass is 204 g/mol. The second-order valence-electron chi connectivity index (χ2n) is 4.23. The third-order valence-corrected chi connectivity index (χ3v) is 2.97. The maximum absolute atomic E-state index is 11.1. The van der Waals surface area contributed by atoms with Crippen LogP contribution in [0.3, 0.4) is 0 Å². The van der Waals surface area contributed by atoms with Crippen molar-refractivity contribution in [2.75, 3.05) is 0 Å². The molecule has 2 rings (SSSR count). The summed E-state index contributed by atoms with van der Waals surface area (Å²) in [4.78, 5) is 11.1. The SMILES string of the molecule is C[C@H]1CC(=O)O[C@@H]1CCc1ccccc1. The molecule has 0 aromatic heterocycles. The summed E-state index contributed by atoms with van der Waals surface area (Å²) in [5.74, 6) is 0.335. The minimum absolute atomic E-state index is 0.0411. The molecule has 2 heteroatoms. The van der Waals surface area contributed by atoms with Gasteiger partial charge in [0, 0.05) is 5.92 Å². The first-order valence-electron chi connectivity index (χ1n) is 5.49. The highest BCUT2D eigenvalue weighted by Gasteiger charge is 2.30. The average Bonchev–Trinajstić information content (AvgIpc) is 2.56. The number of ether oxygens (including phenoxy) is 1. The summed E-state index contributed by atoms with van der Waals surface area (Å²) < 4.78 is 5.26. The van der Waals surface area contributed by atoms with E-state index in [1.165, 1.54) is 5.56 Å². The second-order valence-corrected chi connectivity index (χ2v) is 4.23. The summed E-state index contributed by atoms with van der Waals surface area (Å²) in [6.07, 6.45) is 2.64. The van der Waals surface area contributed by atoms with Crippen molar-refractivity contribution in [2.45, 2.75) is 32.3 Å². The summed E-state index contributed by atoms with van der Waals surface area (Å²) in [6, 6.07) is 10.3. The Balaban J connectivity index is 1.86. The Hall–Kier alpha value is -1.31. The largest absolute Gasteiger partial charge is 0.462 e. The number of carbonyl (C=O) groups is 1. The van der Waals surface area contributed by atoms with Gasteiger partial charge in [-0.15, -0.1) is 0 Å². The zero-order valence-corrected chi connectivity index (χ0v) is 8.98. The van der Waals surface area contributed by atoms with Crippen molar-refractivity contribution in [3.63, 3.8) is 0 Å². The molecule has 0 spiro atoms. The molecule has 1 fully saturated rings. The van der Waals surface area contributed by atoms with Crippen molar-refractivity contribution in [3.05, 3.63) is 35.9 Å². The molecule has 1 aliphatic heterocycles. The van der Waals surface area contributed by atoms with Crippen LogP contribution in [0.15, 0.2) is 30.3 Å². The molecule has 0 N–H and O–H groups in total. The highest BCUT2D eigenvalue weighted by molar-refractivity contribution is 5.71. The van der Waals surface area contributed by atoms with E-state index >= 15 is 0 Å².